The number of likely N-dealkylation sites (N-methyl/N-ethyl adjacent to an activating group) is 1. The molecule has 0 aromatic heterocycles. The molecule has 106 valence electrons. The van der Waals surface area contributed by atoms with Crippen LogP contribution in [0.3, 0.4) is 0 Å². The van der Waals surface area contributed by atoms with Crippen molar-refractivity contribution in [2.75, 3.05) is 27.2 Å². The van der Waals surface area contributed by atoms with Gasteiger partial charge in [0.05, 0.1) is 13.7 Å². The molecular formula is C14H22N2O3. The summed E-state index contributed by atoms with van der Waals surface area (Å²) in [6.45, 7) is 4.76. The standard InChI is InChI=1S/C14H22N2O3/c1-5-16(3)14(18)9-15-10(2)12-7-6-11(19-4)8-13(12)17/h6-8,10,15,17H,5,9H2,1-4H3. The Kier molecular flexibility index (Phi) is 5.63. The maximum atomic E-state index is 11.7. The van der Waals surface area contributed by atoms with Gasteiger partial charge in [-0.15, -0.1) is 0 Å². The Hall–Kier alpha value is -1.75. The van der Waals surface area contributed by atoms with E-state index in [2.05, 4.69) is 5.32 Å². The van der Waals surface area contributed by atoms with Gasteiger partial charge in [-0.3, -0.25) is 4.79 Å². The second-order valence-electron chi connectivity index (χ2n) is 4.44. The molecular weight excluding hydrogens is 244 g/mol. The number of nitrogens with zero attached hydrogens (tertiary/aromatic N) is 1. The Bertz CT molecular complexity index is 435. The number of phenols is 1. The third-order valence-corrected chi connectivity index (χ3v) is 3.16. The Labute approximate surface area is 114 Å². The summed E-state index contributed by atoms with van der Waals surface area (Å²) in [6.07, 6.45) is 0. The van der Waals surface area contributed by atoms with Gasteiger partial charge in [-0.2, -0.15) is 0 Å². The van der Waals surface area contributed by atoms with Crippen molar-refractivity contribution in [3.05, 3.63) is 23.8 Å². The number of rotatable bonds is 6. The van der Waals surface area contributed by atoms with Crippen molar-refractivity contribution in [3.63, 3.8) is 0 Å². The number of hydrogen-bond donors (Lipinski definition) is 2. The molecule has 0 aliphatic carbocycles. The normalized spacial score (nSPS) is 12.0. The molecule has 0 aliphatic rings. The van der Waals surface area contributed by atoms with E-state index in [1.54, 1.807) is 37.3 Å². The summed E-state index contributed by atoms with van der Waals surface area (Å²) in [4.78, 5) is 13.3. The Morgan fingerprint density at radius 3 is 2.74 bits per heavy atom. The fourth-order valence-corrected chi connectivity index (χ4v) is 1.68. The fourth-order valence-electron chi connectivity index (χ4n) is 1.68. The Balaban J connectivity index is 2.63. The van der Waals surface area contributed by atoms with Gasteiger partial charge >= 0.3 is 0 Å². The number of ether oxygens (including phenoxy) is 1. The molecule has 1 aromatic rings. The zero-order valence-corrected chi connectivity index (χ0v) is 11.9. The van der Waals surface area contributed by atoms with E-state index in [0.29, 0.717) is 12.3 Å². The molecule has 0 radical (unpaired) electrons. The van der Waals surface area contributed by atoms with E-state index in [-0.39, 0.29) is 24.2 Å². The fraction of sp³-hybridized carbons (Fsp3) is 0.500. The first-order chi connectivity index (χ1) is 8.99. The van der Waals surface area contributed by atoms with Gasteiger partial charge < -0.3 is 20.1 Å². The lowest BCUT2D eigenvalue weighted by Gasteiger charge is -2.19. The SMILES string of the molecule is CCN(C)C(=O)CNC(C)c1ccc(OC)cc1O. The van der Waals surface area contributed by atoms with Crippen molar-refractivity contribution in [2.45, 2.75) is 19.9 Å². The molecule has 1 rings (SSSR count). The average molecular weight is 266 g/mol. The van der Waals surface area contributed by atoms with Crippen LogP contribution in [0.5, 0.6) is 11.5 Å². The van der Waals surface area contributed by atoms with Crippen LogP contribution in [0.25, 0.3) is 0 Å². The zero-order valence-electron chi connectivity index (χ0n) is 11.9. The topological polar surface area (TPSA) is 61.8 Å². The highest BCUT2D eigenvalue weighted by atomic mass is 16.5. The molecule has 0 spiro atoms. The van der Waals surface area contributed by atoms with E-state index >= 15 is 0 Å². The lowest BCUT2D eigenvalue weighted by atomic mass is 10.1. The molecule has 0 heterocycles. The van der Waals surface area contributed by atoms with Crippen molar-refractivity contribution < 1.29 is 14.6 Å². The van der Waals surface area contributed by atoms with E-state index in [1.807, 2.05) is 13.8 Å². The Morgan fingerprint density at radius 1 is 1.53 bits per heavy atom. The molecule has 5 nitrogen and oxygen atoms in total. The smallest absolute Gasteiger partial charge is 0.236 e. The van der Waals surface area contributed by atoms with Crippen molar-refractivity contribution in [1.82, 2.24) is 10.2 Å². The van der Waals surface area contributed by atoms with Gasteiger partial charge in [0.2, 0.25) is 5.91 Å². The maximum absolute atomic E-state index is 11.7. The van der Waals surface area contributed by atoms with E-state index in [0.717, 1.165) is 5.56 Å². The quantitative estimate of drug-likeness (QED) is 0.819. The monoisotopic (exact) mass is 266 g/mol. The molecule has 2 N–H and O–H groups in total. The minimum Gasteiger partial charge on any atom is -0.507 e. The van der Waals surface area contributed by atoms with Crippen molar-refractivity contribution in [1.29, 1.82) is 0 Å². The summed E-state index contributed by atoms with van der Waals surface area (Å²) in [6, 6.07) is 5.03. The van der Waals surface area contributed by atoms with Gasteiger partial charge in [-0.05, 0) is 19.9 Å². The number of nitrogens with one attached hydrogen (secondary N) is 1. The minimum absolute atomic E-state index is 0.0300. The van der Waals surface area contributed by atoms with Gasteiger partial charge in [-0.25, -0.2) is 0 Å². The van der Waals surface area contributed by atoms with E-state index in [9.17, 15) is 9.90 Å². The molecule has 1 amide bonds. The molecule has 5 heteroatoms. The lowest BCUT2D eigenvalue weighted by molar-refractivity contribution is -0.128. The second kappa shape index (κ2) is 6.99. The lowest BCUT2D eigenvalue weighted by Crippen LogP contribution is -2.36. The number of carbonyl (C=O) groups excluding carboxylic acids is 1. The number of methoxy groups -OCH3 is 1. The molecule has 0 aliphatic heterocycles. The minimum atomic E-state index is -0.111. The molecule has 0 saturated heterocycles. The van der Waals surface area contributed by atoms with Crippen LogP contribution in [0.15, 0.2) is 18.2 Å². The number of hydrogen-bond acceptors (Lipinski definition) is 4. The summed E-state index contributed by atoms with van der Waals surface area (Å²) in [5.41, 5.74) is 0.743. The first kappa shape index (κ1) is 15.3. The first-order valence-electron chi connectivity index (χ1n) is 6.33. The van der Waals surface area contributed by atoms with Gasteiger partial charge in [0, 0.05) is 31.3 Å². The van der Waals surface area contributed by atoms with Crippen molar-refractivity contribution in [2.24, 2.45) is 0 Å². The highest BCUT2D eigenvalue weighted by Crippen LogP contribution is 2.28. The van der Waals surface area contributed by atoms with Gasteiger partial charge in [0.15, 0.2) is 0 Å². The highest BCUT2D eigenvalue weighted by molar-refractivity contribution is 5.77. The third-order valence-electron chi connectivity index (χ3n) is 3.16. The molecule has 1 unspecified atom stereocenters. The number of carbonyl (C=O) groups is 1. The second-order valence-corrected chi connectivity index (χ2v) is 4.44. The number of aromatic hydroxyl groups is 1. The van der Waals surface area contributed by atoms with Crippen LogP contribution >= 0.6 is 0 Å². The average Bonchev–Trinajstić information content (AvgIpc) is 2.43. The largest absolute Gasteiger partial charge is 0.507 e. The van der Waals surface area contributed by atoms with Crippen LogP contribution in [0.4, 0.5) is 0 Å². The van der Waals surface area contributed by atoms with Crippen molar-refractivity contribution in [3.8, 4) is 11.5 Å². The van der Waals surface area contributed by atoms with Crippen molar-refractivity contribution >= 4 is 5.91 Å². The highest BCUT2D eigenvalue weighted by Gasteiger charge is 2.13. The summed E-state index contributed by atoms with van der Waals surface area (Å²) >= 11 is 0. The van der Waals surface area contributed by atoms with E-state index < -0.39 is 0 Å². The molecule has 19 heavy (non-hydrogen) atoms. The molecule has 1 atom stereocenters. The van der Waals surface area contributed by atoms with Gasteiger partial charge in [0.1, 0.15) is 11.5 Å². The first-order valence-corrected chi connectivity index (χ1v) is 6.33. The summed E-state index contributed by atoms with van der Waals surface area (Å²) < 4.78 is 5.03. The van der Waals surface area contributed by atoms with Crippen LogP contribution in [-0.4, -0.2) is 43.2 Å². The zero-order chi connectivity index (χ0) is 14.4. The summed E-state index contributed by atoms with van der Waals surface area (Å²) in [5.74, 6) is 0.799. The predicted octanol–water partition coefficient (Wildman–Crippen LogP) is 1.53. The third kappa shape index (κ3) is 4.13. The van der Waals surface area contributed by atoms with Gasteiger partial charge in [-0.1, -0.05) is 6.07 Å². The molecule has 1 aromatic carbocycles. The van der Waals surface area contributed by atoms with Crippen LogP contribution in [0.1, 0.15) is 25.5 Å². The van der Waals surface area contributed by atoms with Gasteiger partial charge in [0.25, 0.3) is 0 Å². The number of phenolic OH excluding ortho intramolecular Hbond substituents is 1. The van der Waals surface area contributed by atoms with Crippen LogP contribution in [-0.2, 0) is 4.79 Å². The number of benzene rings is 1. The van der Waals surface area contributed by atoms with Crippen LogP contribution in [0.2, 0.25) is 0 Å². The summed E-state index contributed by atoms with van der Waals surface area (Å²) in [5, 5.41) is 13.0. The number of amides is 1. The summed E-state index contributed by atoms with van der Waals surface area (Å²) in [7, 11) is 3.31. The molecule has 0 fully saturated rings. The molecule has 0 saturated carbocycles. The Morgan fingerprint density at radius 2 is 2.21 bits per heavy atom. The van der Waals surface area contributed by atoms with Crippen LogP contribution in [0, 0.1) is 0 Å². The van der Waals surface area contributed by atoms with E-state index in [4.69, 9.17) is 4.74 Å². The maximum Gasteiger partial charge on any atom is 0.236 e. The van der Waals surface area contributed by atoms with Crippen LogP contribution < -0.4 is 10.1 Å². The molecule has 0 bridgehead atoms. The van der Waals surface area contributed by atoms with E-state index in [1.165, 1.54) is 0 Å². The predicted molar refractivity (Wildman–Crippen MR) is 74.4 cm³/mol.